The molecule has 0 saturated heterocycles. The molecular weight excluding hydrogens is 347 g/mol. The van der Waals surface area contributed by atoms with Gasteiger partial charge in [0.15, 0.2) is 0 Å². The number of hydrogen-bond acceptors (Lipinski definition) is 2. The van der Waals surface area contributed by atoms with E-state index in [1.54, 1.807) is 8.92 Å². The fourth-order valence-corrected chi connectivity index (χ4v) is 0.129. The van der Waals surface area contributed by atoms with E-state index in [2.05, 4.69) is 9.69 Å². The van der Waals surface area contributed by atoms with E-state index in [-0.39, 0.29) is 0 Å². The van der Waals surface area contributed by atoms with E-state index in [0.717, 1.165) is 0 Å². The van der Waals surface area contributed by atoms with Gasteiger partial charge in [-0.15, -0.1) is 0 Å². The number of rotatable bonds is 0. The first kappa shape index (κ1) is 17.7. The molecule has 13 heavy (non-hydrogen) atoms. The van der Waals surface area contributed by atoms with Crippen molar-refractivity contribution in [3.63, 3.8) is 0 Å². The van der Waals surface area contributed by atoms with Crippen LogP contribution in [0.3, 0.4) is 0 Å². The number of hydrogen-bond donors (Lipinski definition) is 0. The fourth-order valence-electron chi connectivity index (χ4n) is 0.0158. The van der Waals surface area contributed by atoms with Crippen LogP contribution >= 0.6 is 0 Å². The van der Waals surface area contributed by atoms with Crippen molar-refractivity contribution in [1.82, 2.24) is 0 Å². The van der Waals surface area contributed by atoms with Crippen LogP contribution in [0.15, 0.2) is 0 Å². The Morgan fingerprint density at radius 1 is 1.08 bits per heavy atom. The third-order valence-corrected chi connectivity index (χ3v) is 0.895. The van der Waals surface area contributed by atoms with E-state index in [1.807, 2.05) is 13.8 Å². The topological polar surface area (TPSA) is 56.3 Å². The molecule has 0 aromatic heterocycles. The first-order valence-corrected chi connectivity index (χ1v) is 5.53. The summed E-state index contributed by atoms with van der Waals surface area (Å²) in [6.07, 6.45) is 0. The van der Waals surface area contributed by atoms with Crippen molar-refractivity contribution in [1.29, 1.82) is 10.5 Å². The summed E-state index contributed by atoms with van der Waals surface area (Å²) in [6.45, 7) is 17.0. The Kier molecular flexibility index (Phi) is 42.2. The Hall–Kier alpha value is -1.35. The third-order valence-electron chi connectivity index (χ3n) is 0.387. The normalized spacial score (nSPS) is 5.08. The zero-order valence-electron chi connectivity index (χ0n) is 7.52. The molecule has 0 amide bonds. The van der Waals surface area contributed by atoms with E-state index in [9.17, 15) is 0 Å². The van der Waals surface area contributed by atoms with Gasteiger partial charge in [0, 0.05) is 13.8 Å². The average molecular weight is 357 g/mol. The van der Waals surface area contributed by atoms with Crippen LogP contribution in [0.25, 0.3) is 9.69 Å². The van der Waals surface area contributed by atoms with Crippen LogP contribution in [-0.2, 0) is 18.6 Å². The third kappa shape index (κ3) is 114. The molecule has 0 aromatic carbocycles. The van der Waals surface area contributed by atoms with Crippen molar-refractivity contribution in [3.8, 4) is 8.92 Å². The first-order valence-electron chi connectivity index (χ1n) is 3.26. The van der Waals surface area contributed by atoms with E-state index in [1.165, 1.54) is 0 Å². The largest absolute Gasteiger partial charge is 0.317 e. The SMILES string of the molecule is N#[C][Pt][C]#N.[C-]#[N+]CC.[C-]#[N+]CC. The molecule has 0 aliphatic carbocycles. The van der Waals surface area contributed by atoms with Gasteiger partial charge >= 0.3 is 38.0 Å². The van der Waals surface area contributed by atoms with Crippen molar-refractivity contribution in [2.24, 2.45) is 0 Å². The molecule has 0 radical (unpaired) electrons. The van der Waals surface area contributed by atoms with E-state index < -0.39 is 18.6 Å². The van der Waals surface area contributed by atoms with Crippen LogP contribution in [0.4, 0.5) is 0 Å². The maximum atomic E-state index is 7.64. The molecule has 0 atom stereocenters. The molecule has 0 rings (SSSR count). The summed E-state index contributed by atoms with van der Waals surface area (Å²) < 4.78 is 3.53. The van der Waals surface area contributed by atoms with Gasteiger partial charge in [0.25, 0.3) is 0 Å². The van der Waals surface area contributed by atoms with Crippen molar-refractivity contribution >= 4 is 0 Å². The van der Waals surface area contributed by atoms with Gasteiger partial charge < -0.3 is 9.69 Å². The number of nitriles is 2. The molecular formula is C8H10N4Pt. The summed E-state index contributed by atoms with van der Waals surface area (Å²) in [4.78, 5) is 5.97. The van der Waals surface area contributed by atoms with Crippen LogP contribution in [0, 0.1) is 32.6 Å². The Labute approximate surface area is 88.0 Å². The molecule has 0 aliphatic heterocycles. The number of nitrogens with zero attached hydrogens (tertiary/aromatic N) is 4. The summed E-state index contributed by atoms with van der Waals surface area (Å²) in [7, 11) is 0. The van der Waals surface area contributed by atoms with Crippen molar-refractivity contribution in [2.75, 3.05) is 13.1 Å². The molecule has 0 spiro atoms. The molecule has 0 heterocycles. The smallest absolute Gasteiger partial charge is 0.211 e. The molecule has 4 nitrogen and oxygen atoms in total. The molecule has 0 unspecified atom stereocenters. The van der Waals surface area contributed by atoms with Gasteiger partial charge in [0.2, 0.25) is 13.1 Å². The molecule has 0 aliphatic rings. The van der Waals surface area contributed by atoms with E-state index in [4.69, 9.17) is 23.7 Å². The quantitative estimate of drug-likeness (QED) is 0.622. The predicted molar refractivity (Wildman–Crippen MR) is 45.5 cm³/mol. The van der Waals surface area contributed by atoms with Gasteiger partial charge in [-0.05, 0) is 0 Å². The van der Waals surface area contributed by atoms with Crippen LogP contribution in [0.5, 0.6) is 0 Å². The van der Waals surface area contributed by atoms with E-state index in [0.29, 0.717) is 13.1 Å². The van der Waals surface area contributed by atoms with Crippen LogP contribution < -0.4 is 0 Å². The summed E-state index contributed by atoms with van der Waals surface area (Å²) >= 11 is -0.765. The molecule has 0 bridgehead atoms. The fraction of sp³-hybridized carbons (Fsp3) is 0.500. The van der Waals surface area contributed by atoms with E-state index >= 15 is 0 Å². The molecule has 0 saturated carbocycles. The van der Waals surface area contributed by atoms with Gasteiger partial charge in [-0.3, -0.25) is 0 Å². The van der Waals surface area contributed by atoms with Crippen molar-refractivity contribution < 1.29 is 18.6 Å². The molecule has 5 heteroatoms. The minimum Gasteiger partial charge on any atom is -0.317 e. The van der Waals surface area contributed by atoms with Gasteiger partial charge in [-0.2, -0.15) is 0 Å². The Morgan fingerprint density at radius 2 is 1.31 bits per heavy atom. The summed E-state index contributed by atoms with van der Waals surface area (Å²) in [6, 6.07) is 0. The average Bonchev–Trinajstić information content (AvgIpc) is 2.20. The minimum absolute atomic E-state index is 0.611. The Balaban J connectivity index is -0.000000117. The summed E-state index contributed by atoms with van der Waals surface area (Å²) in [5.41, 5.74) is 0. The van der Waals surface area contributed by atoms with Crippen molar-refractivity contribution in [3.05, 3.63) is 22.8 Å². The zero-order valence-corrected chi connectivity index (χ0v) is 9.79. The van der Waals surface area contributed by atoms with Gasteiger partial charge in [0.1, 0.15) is 0 Å². The predicted octanol–water partition coefficient (Wildman–Crippen LogP) is 1.88. The molecule has 0 aromatic rings. The maximum Gasteiger partial charge on any atom is 0.211 e. The van der Waals surface area contributed by atoms with Crippen LogP contribution in [-0.4, -0.2) is 13.1 Å². The van der Waals surface area contributed by atoms with Gasteiger partial charge in [-0.25, -0.2) is 13.1 Å². The van der Waals surface area contributed by atoms with Crippen molar-refractivity contribution in [2.45, 2.75) is 13.8 Å². The second-order valence-electron chi connectivity index (χ2n) is 1.17. The van der Waals surface area contributed by atoms with Gasteiger partial charge in [-0.1, -0.05) is 0 Å². The molecule has 0 N–H and O–H groups in total. The summed E-state index contributed by atoms with van der Waals surface area (Å²) in [5, 5.41) is 15.3. The minimum atomic E-state index is -0.765. The summed E-state index contributed by atoms with van der Waals surface area (Å²) in [5.74, 6) is 0. The first-order chi connectivity index (χ1) is 6.24. The second-order valence-corrected chi connectivity index (χ2v) is 2.75. The second kappa shape index (κ2) is 31.1. The maximum absolute atomic E-state index is 7.64. The standard InChI is InChI=1S/2C3H5N.2CN.Pt/c2*1-3-4-2;2*1-2;/h2*3H2,1H3;;;. The zero-order chi connectivity index (χ0) is 10.9. The Morgan fingerprint density at radius 3 is 1.31 bits per heavy atom. The van der Waals surface area contributed by atoms with Crippen LogP contribution in [0.1, 0.15) is 13.8 Å². The monoisotopic (exact) mass is 357 g/mol. The van der Waals surface area contributed by atoms with Gasteiger partial charge in [0.05, 0.1) is 0 Å². The Bertz CT molecular complexity index is 209. The molecule has 0 fully saturated rings. The molecule has 72 valence electrons. The van der Waals surface area contributed by atoms with Crippen LogP contribution in [0.2, 0.25) is 0 Å².